The zero-order chi connectivity index (χ0) is 85.1. The molecular formula is C99H166O16P2. The van der Waals surface area contributed by atoms with Crippen molar-refractivity contribution in [3.8, 4) is 0 Å². The summed E-state index contributed by atoms with van der Waals surface area (Å²) >= 11 is 0. The highest BCUT2D eigenvalue weighted by atomic mass is 31.2. The Labute approximate surface area is 713 Å². The number of esters is 3. The molecule has 0 rings (SSSR count). The maximum atomic E-state index is 13.1. The molecule has 668 valence electrons. The molecule has 0 amide bonds. The van der Waals surface area contributed by atoms with Crippen molar-refractivity contribution in [2.45, 2.75) is 386 Å². The third-order valence-electron chi connectivity index (χ3n) is 19.1. The number of aliphatic hydroxyl groups excluding tert-OH is 2. The number of phosphoric ester groups is 2. The Morgan fingerprint density at radius 3 is 0.718 bits per heavy atom. The predicted molar refractivity (Wildman–Crippen MR) is 491 cm³/mol. The topological polar surface area (TPSA) is 231 Å². The van der Waals surface area contributed by atoms with Crippen LogP contribution in [0.15, 0.2) is 182 Å². The number of carbonyl (C=O) groups is 3. The highest BCUT2D eigenvalue weighted by Gasteiger charge is 2.29. The van der Waals surface area contributed by atoms with E-state index in [0.29, 0.717) is 19.3 Å². The van der Waals surface area contributed by atoms with Crippen LogP contribution in [0.1, 0.15) is 367 Å². The maximum absolute atomic E-state index is 13.1. The SMILES string of the molecule is CC/C=C\C/C=C\C/C=C\C/C=C\C/C=C\C/C=C\CCCCCCCCCCCCCCCCC(=O)OCC(O)COP(=O)(O)OCC(O)COP(=O)(O)OCC(COC(=O)CCCCCCCCCCC/C=C\C/C=C\C/C=C\C/C=C\CCCCC)OC(=O)CCCCCCCCC/C=C\C/C=C\C/C=C\C/C=C\C/C=C\CC. The van der Waals surface area contributed by atoms with Crippen LogP contribution >= 0.6 is 15.6 Å². The van der Waals surface area contributed by atoms with Gasteiger partial charge in [-0.2, -0.15) is 0 Å². The molecule has 4 N–H and O–H groups in total. The van der Waals surface area contributed by atoms with Crippen LogP contribution in [-0.4, -0.2) is 95.9 Å². The van der Waals surface area contributed by atoms with E-state index in [0.717, 1.165) is 193 Å². The third-order valence-corrected chi connectivity index (χ3v) is 21.0. The van der Waals surface area contributed by atoms with Crippen molar-refractivity contribution < 1.29 is 75.8 Å². The summed E-state index contributed by atoms with van der Waals surface area (Å²) in [5, 5.41) is 20.7. The summed E-state index contributed by atoms with van der Waals surface area (Å²) in [4.78, 5) is 59.0. The van der Waals surface area contributed by atoms with Gasteiger partial charge in [0, 0.05) is 19.3 Å². The number of allylic oxidation sites excluding steroid dienone is 30. The van der Waals surface area contributed by atoms with Gasteiger partial charge >= 0.3 is 33.6 Å². The van der Waals surface area contributed by atoms with Crippen LogP contribution in [0.3, 0.4) is 0 Å². The van der Waals surface area contributed by atoms with E-state index in [1.54, 1.807) is 0 Å². The molecule has 0 saturated heterocycles. The normalized spacial score (nSPS) is 14.6. The zero-order valence-electron chi connectivity index (χ0n) is 73.6. The molecule has 16 nitrogen and oxygen atoms in total. The van der Waals surface area contributed by atoms with E-state index in [9.17, 15) is 43.5 Å². The molecule has 0 saturated carbocycles. The van der Waals surface area contributed by atoms with Gasteiger partial charge < -0.3 is 34.2 Å². The minimum Gasteiger partial charge on any atom is -0.463 e. The second-order valence-corrected chi connectivity index (χ2v) is 33.2. The molecule has 0 aromatic carbocycles. The first-order chi connectivity index (χ1) is 57.2. The number of ether oxygens (including phenoxy) is 3. The van der Waals surface area contributed by atoms with Crippen LogP contribution in [-0.2, 0) is 55.8 Å². The van der Waals surface area contributed by atoms with Crippen molar-refractivity contribution in [1.82, 2.24) is 0 Å². The molecule has 5 unspecified atom stereocenters. The van der Waals surface area contributed by atoms with E-state index in [1.807, 2.05) is 0 Å². The van der Waals surface area contributed by atoms with E-state index in [1.165, 1.54) is 116 Å². The molecule has 5 atom stereocenters. The van der Waals surface area contributed by atoms with E-state index < -0.39 is 91.5 Å². The lowest BCUT2D eigenvalue weighted by Crippen LogP contribution is -2.30. The zero-order valence-corrected chi connectivity index (χ0v) is 75.4. The van der Waals surface area contributed by atoms with Gasteiger partial charge in [0.25, 0.3) is 0 Å². The molecule has 0 aromatic rings. The fourth-order valence-electron chi connectivity index (χ4n) is 12.2. The molecule has 0 aliphatic rings. The molecule has 0 aliphatic heterocycles. The van der Waals surface area contributed by atoms with Crippen molar-refractivity contribution in [3.05, 3.63) is 182 Å². The van der Waals surface area contributed by atoms with Gasteiger partial charge in [0.05, 0.1) is 26.4 Å². The maximum Gasteiger partial charge on any atom is 0.472 e. The summed E-state index contributed by atoms with van der Waals surface area (Å²) in [5.41, 5.74) is 0. The lowest BCUT2D eigenvalue weighted by molar-refractivity contribution is -0.161. The van der Waals surface area contributed by atoms with Crippen LogP contribution in [0.2, 0.25) is 0 Å². The van der Waals surface area contributed by atoms with Crippen molar-refractivity contribution in [3.63, 3.8) is 0 Å². The van der Waals surface area contributed by atoms with Crippen molar-refractivity contribution in [1.29, 1.82) is 0 Å². The number of hydrogen-bond donors (Lipinski definition) is 4. The predicted octanol–water partition coefficient (Wildman–Crippen LogP) is 28.4. The highest BCUT2D eigenvalue weighted by Crippen LogP contribution is 2.45. The summed E-state index contributed by atoms with van der Waals surface area (Å²) in [7, 11) is -9.82. The fraction of sp³-hybridized carbons (Fsp3) is 0.667. The molecule has 18 heteroatoms. The smallest absolute Gasteiger partial charge is 0.463 e. The second-order valence-electron chi connectivity index (χ2n) is 30.3. The molecule has 0 fully saturated rings. The number of phosphoric acid groups is 2. The monoisotopic (exact) mass is 1670 g/mol. The Balaban J connectivity index is 4.61. The van der Waals surface area contributed by atoms with Crippen LogP contribution in [0, 0.1) is 0 Å². The largest absolute Gasteiger partial charge is 0.472 e. The fourth-order valence-corrected chi connectivity index (χ4v) is 13.8. The number of rotatable bonds is 86. The van der Waals surface area contributed by atoms with Crippen LogP contribution in [0.25, 0.3) is 0 Å². The number of unbranched alkanes of at least 4 members (excludes halogenated alkanes) is 33. The Morgan fingerprint density at radius 1 is 0.248 bits per heavy atom. The van der Waals surface area contributed by atoms with E-state index >= 15 is 0 Å². The Morgan fingerprint density at radius 2 is 0.453 bits per heavy atom. The average Bonchev–Trinajstić information content (AvgIpc) is 0.896. The van der Waals surface area contributed by atoms with Gasteiger partial charge in [0.15, 0.2) is 6.10 Å². The molecule has 0 aliphatic carbocycles. The second kappa shape index (κ2) is 89.9. The number of hydrogen-bond acceptors (Lipinski definition) is 14. The van der Waals surface area contributed by atoms with Crippen LogP contribution in [0.5, 0.6) is 0 Å². The Bertz CT molecular complexity index is 2860. The summed E-state index contributed by atoms with van der Waals surface area (Å²) < 4.78 is 61.5. The molecule has 0 bridgehead atoms. The Kier molecular flexibility index (Phi) is 85.8. The van der Waals surface area contributed by atoms with Gasteiger partial charge in [-0.1, -0.05) is 370 Å². The standard InChI is InChI=1S/C99H166O16P2/c1-4-7-10-13-16-19-22-25-28-31-34-37-40-42-43-44-45-46-47-48-49-51-54-55-58-61-64-67-70-73-76-79-82-85-97(102)109-88-94(100)89-111-116(105,106)112-90-95(101)91-113-117(107,108)114-93-96(115-99(104)87-84-81-78-75-72-69-66-63-60-57-52-39-36-33-30-27-24-21-18-15-12-9-6-3)92-110-98(103)86-83-80-77-74-71-68-65-62-59-56-53-50-41-38-35-32-29-26-23-20-17-14-11-8-5-2/h7,9-10,12,16-21,25-30,34-39,42-43,45-46,50,53,57,60,94-96,100-101H,4-6,8,11,13-15,22-24,31-33,40-41,44,47-49,51-52,54-56,58-59,61-93H2,1-3H3,(H,105,106)(H,107,108)/b10-7-,12-9-,19-16-,20-17-,21-18-,28-25-,29-26-,30-27-,37-34-,38-35-,39-36-,43-42-,46-45-,53-50-,60-57-. The summed E-state index contributed by atoms with van der Waals surface area (Å²) in [6, 6.07) is 0. The lowest BCUT2D eigenvalue weighted by atomic mass is 10.0. The van der Waals surface area contributed by atoms with Crippen molar-refractivity contribution in [2.75, 3.05) is 39.6 Å². The number of carbonyl (C=O) groups excluding carboxylic acids is 3. The minimum atomic E-state index is -4.95. The number of aliphatic hydroxyl groups is 2. The van der Waals surface area contributed by atoms with Gasteiger partial charge in [-0.25, -0.2) is 9.13 Å². The van der Waals surface area contributed by atoms with Gasteiger partial charge in [-0.3, -0.25) is 32.5 Å². The molecule has 117 heavy (non-hydrogen) atoms. The first kappa shape index (κ1) is 112. The van der Waals surface area contributed by atoms with E-state index in [2.05, 4.69) is 203 Å². The van der Waals surface area contributed by atoms with Crippen LogP contribution in [0.4, 0.5) is 0 Å². The lowest BCUT2D eigenvalue weighted by Gasteiger charge is -2.21. The third kappa shape index (κ3) is 91.2. The minimum absolute atomic E-state index is 0.0848. The first-order valence-electron chi connectivity index (χ1n) is 46.1. The molecule has 0 radical (unpaired) electrons. The first-order valence-corrected chi connectivity index (χ1v) is 49.1. The Hall–Kier alpha value is -5.35. The average molecular weight is 1670 g/mol. The molecule has 0 spiro atoms. The molecular weight excluding hydrogens is 1510 g/mol. The van der Waals surface area contributed by atoms with Crippen molar-refractivity contribution in [2.24, 2.45) is 0 Å². The van der Waals surface area contributed by atoms with Crippen molar-refractivity contribution >= 4 is 33.6 Å². The quantitative estimate of drug-likeness (QED) is 0.0146. The van der Waals surface area contributed by atoms with Gasteiger partial charge in [0.1, 0.15) is 25.4 Å². The van der Waals surface area contributed by atoms with E-state index in [4.69, 9.17) is 32.3 Å². The summed E-state index contributed by atoms with van der Waals surface area (Å²) in [6.45, 7) is 2.44. The summed E-state index contributed by atoms with van der Waals surface area (Å²) in [6.07, 6.45) is 118. The highest BCUT2D eigenvalue weighted by molar-refractivity contribution is 7.47. The summed E-state index contributed by atoms with van der Waals surface area (Å²) in [5.74, 6) is -1.59. The van der Waals surface area contributed by atoms with Gasteiger partial charge in [-0.05, 0) is 161 Å². The van der Waals surface area contributed by atoms with Gasteiger partial charge in [0.2, 0.25) is 0 Å². The van der Waals surface area contributed by atoms with E-state index in [-0.39, 0.29) is 19.3 Å². The van der Waals surface area contributed by atoms with Crippen LogP contribution < -0.4 is 0 Å². The molecule has 0 heterocycles. The molecule has 0 aromatic heterocycles. The van der Waals surface area contributed by atoms with Gasteiger partial charge in [-0.15, -0.1) is 0 Å².